The first-order chi connectivity index (χ1) is 14.7. The lowest BCUT2D eigenvalue weighted by Gasteiger charge is -2.32. The minimum Gasteiger partial charge on any atom is -0.497 e. The second kappa shape index (κ2) is 9.86. The maximum atomic E-state index is 13.4. The number of ether oxygens (including phenoxy) is 1. The second-order valence-electron chi connectivity index (χ2n) is 8.14. The van der Waals surface area contributed by atoms with Gasteiger partial charge in [-0.25, -0.2) is 4.39 Å². The summed E-state index contributed by atoms with van der Waals surface area (Å²) in [5.74, 6) is 1.20. The summed E-state index contributed by atoms with van der Waals surface area (Å²) in [5.41, 5.74) is 4.62. The van der Waals surface area contributed by atoms with Crippen molar-refractivity contribution in [1.29, 1.82) is 0 Å². The maximum Gasteiger partial charge on any atom is 0.123 e. The number of hydrogen-bond donors (Lipinski definition) is 0. The van der Waals surface area contributed by atoms with Gasteiger partial charge in [0.05, 0.1) is 7.11 Å². The van der Waals surface area contributed by atoms with E-state index in [4.69, 9.17) is 9.72 Å². The van der Waals surface area contributed by atoms with Gasteiger partial charge in [0.1, 0.15) is 11.6 Å². The Morgan fingerprint density at radius 2 is 1.87 bits per heavy atom. The molecule has 1 aliphatic heterocycles. The molecule has 0 N–H and O–H groups in total. The van der Waals surface area contributed by atoms with E-state index >= 15 is 0 Å². The lowest BCUT2D eigenvalue weighted by atomic mass is 9.93. The van der Waals surface area contributed by atoms with E-state index in [1.54, 1.807) is 19.2 Å². The van der Waals surface area contributed by atoms with Crippen molar-refractivity contribution < 1.29 is 9.13 Å². The molecule has 1 aliphatic rings. The molecule has 2 heterocycles. The first kappa shape index (κ1) is 20.5. The van der Waals surface area contributed by atoms with Crippen LogP contribution in [0.1, 0.15) is 41.1 Å². The van der Waals surface area contributed by atoms with Gasteiger partial charge in [0, 0.05) is 30.9 Å². The van der Waals surface area contributed by atoms with Gasteiger partial charge in [-0.15, -0.1) is 0 Å². The third-order valence-corrected chi connectivity index (χ3v) is 5.94. The Kier molecular flexibility index (Phi) is 6.75. The van der Waals surface area contributed by atoms with Gasteiger partial charge in [0.2, 0.25) is 0 Å². The maximum absolute atomic E-state index is 13.4. The van der Waals surface area contributed by atoms with Crippen LogP contribution < -0.4 is 4.74 Å². The Morgan fingerprint density at radius 3 is 2.60 bits per heavy atom. The average molecular weight is 405 g/mol. The summed E-state index contributed by atoms with van der Waals surface area (Å²) in [5, 5.41) is 0. The van der Waals surface area contributed by atoms with Crippen LogP contribution in [0, 0.1) is 5.82 Å². The van der Waals surface area contributed by atoms with Gasteiger partial charge < -0.3 is 9.64 Å². The quantitative estimate of drug-likeness (QED) is 0.538. The van der Waals surface area contributed by atoms with Crippen molar-refractivity contribution in [3.63, 3.8) is 0 Å². The van der Waals surface area contributed by atoms with E-state index in [9.17, 15) is 4.39 Å². The molecule has 0 amide bonds. The molecule has 0 bridgehead atoms. The van der Waals surface area contributed by atoms with Crippen LogP contribution in [0.4, 0.5) is 4.39 Å². The summed E-state index contributed by atoms with van der Waals surface area (Å²) < 4.78 is 18.6. The minimum absolute atomic E-state index is 0.186. The Labute approximate surface area is 178 Å². The van der Waals surface area contributed by atoms with E-state index in [0.717, 1.165) is 42.9 Å². The summed E-state index contributed by atoms with van der Waals surface area (Å²) in [6.07, 6.45) is 6.12. The predicted octanol–water partition coefficient (Wildman–Crippen LogP) is 5.24. The molecular weight excluding hydrogens is 375 g/mol. The summed E-state index contributed by atoms with van der Waals surface area (Å²) in [6, 6.07) is 19.5. The lowest BCUT2D eigenvalue weighted by molar-refractivity contribution is 0.208. The smallest absolute Gasteiger partial charge is 0.123 e. The van der Waals surface area contributed by atoms with Crippen LogP contribution in [-0.4, -0.2) is 36.6 Å². The van der Waals surface area contributed by atoms with E-state index in [1.807, 2.05) is 24.4 Å². The number of likely N-dealkylation sites (tertiary alicyclic amines) is 1. The molecule has 4 rings (SSSR count). The Bertz CT molecular complexity index is 940. The molecule has 30 heavy (non-hydrogen) atoms. The lowest BCUT2D eigenvalue weighted by Crippen LogP contribution is -2.36. The highest BCUT2D eigenvalue weighted by molar-refractivity contribution is 5.28. The topological polar surface area (TPSA) is 25.4 Å². The molecule has 0 saturated carbocycles. The molecule has 2 aromatic carbocycles. The van der Waals surface area contributed by atoms with E-state index in [0.29, 0.717) is 12.3 Å². The van der Waals surface area contributed by atoms with Gasteiger partial charge in [-0.3, -0.25) is 4.98 Å². The van der Waals surface area contributed by atoms with E-state index in [2.05, 4.69) is 29.2 Å². The molecule has 0 aliphatic carbocycles. The SMILES string of the molecule is COc1ccc(CCN2CCC[C@H](c3ccc(Cc4cccc(F)c4)cn3)C2)cc1. The fraction of sp³-hybridized carbons (Fsp3) is 0.346. The van der Waals surface area contributed by atoms with Crippen molar-refractivity contribution in [1.82, 2.24) is 9.88 Å². The van der Waals surface area contributed by atoms with Crippen molar-refractivity contribution in [2.24, 2.45) is 0 Å². The van der Waals surface area contributed by atoms with Gasteiger partial charge >= 0.3 is 0 Å². The van der Waals surface area contributed by atoms with Crippen molar-refractivity contribution >= 4 is 0 Å². The third kappa shape index (κ3) is 5.45. The fourth-order valence-corrected chi connectivity index (χ4v) is 4.24. The number of rotatable bonds is 7. The first-order valence-electron chi connectivity index (χ1n) is 10.7. The molecule has 156 valence electrons. The zero-order valence-electron chi connectivity index (χ0n) is 17.6. The highest BCUT2D eigenvalue weighted by Gasteiger charge is 2.22. The molecule has 1 atom stereocenters. The molecule has 1 aromatic heterocycles. The monoisotopic (exact) mass is 404 g/mol. The van der Waals surface area contributed by atoms with Crippen molar-refractivity contribution in [2.75, 3.05) is 26.7 Å². The number of aromatic nitrogens is 1. The van der Waals surface area contributed by atoms with Gasteiger partial charge in [0.15, 0.2) is 0 Å². The average Bonchev–Trinajstić information content (AvgIpc) is 2.79. The standard InChI is InChI=1S/C26H29FN2O/c1-30-25-10-7-20(8-11-25)13-15-29-14-3-5-23(19-29)26-12-9-22(18-28-26)16-21-4-2-6-24(27)17-21/h2,4,6-12,17-18,23H,3,5,13-16,19H2,1H3/t23-/m0/s1. The van der Waals surface area contributed by atoms with Gasteiger partial charge in [-0.1, -0.05) is 30.3 Å². The summed E-state index contributed by atoms with van der Waals surface area (Å²) in [4.78, 5) is 7.31. The molecule has 0 unspecified atom stereocenters. The van der Waals surface area contributed by atoms with E-state index < -0.39 is 0 Å². The third-order valence-electron chi connectivity index (χ3n) is 5.94. The van der Waals surface area contributed by atoms with Crippen LogP contribution in [0.15, 0.2) is 66.9 Å². The first-order valence-corrected chi connectivity index (χ1v) is 10.7. The van der Waals surface area contributed by atoms with Gasteiger partial charge in [-0.2, -0.15) is 0 Å². The van der Waals surface area contributed by atoms with Crippen LogP contribution in [0.25, 0.3) is 0 Å². The van der Waals surface area contributed by atoms with Crippen LogP contribution in [0.2, 0.25) is 0 Å². The van der Waals surface area contributed by atoms with Crippen LogP contribution in [0.3, 0.4) is 0 Å². The van der Waals surface area contributed by atoms with Crippen LogP contribution in [0.5, 0.6) is 5.75 Å². The van der Waals surface area contributed by atoms with Crippen molar-refractivity contribution in [3.05, 3.63) is 95.1 Å². The fourth-order valence-electron chi connectivity index (χ4n) is 4.24. The van der Waals surface area contributed by atoms with Gasteiger partial charge in [-0.05, 0) is 79.3 Å². The molecular formula is C26H29FN2O. The number of piperidine rings is 1. The zero-order valence-corrected chi connectivity index (χ0v) is 17.6. The molecule has 0 radical (unpaired) electrons. The number of nitrogens with zero attached hydrogens (tertiary/aromatic N) is 2. The van der Waals surface area contributed by atoms with Crippen molar-refractivity contribution in [2.45, 2.75) is 31.6 Å². The molecule has 1 saturated heterocycles. The summed E-state index contributed by atoms with van der Waals surface area (Å²) in [7, 11) is 1.70. The molecule has 0 spiro atoms. The molecule has 4 heteroatoms. The largest absolute Gasteiger partial charge is 0.497 e. The highest BCUT2D eigenvalue weighted by atomic mass is 19.1. The van der Waals surface area contributed by atoms with Crippen LogP contribution >= 0.6 is 0 Å². The second-order valence-corrected chi connectivity index (χ2v) is 8.14. The number of halogens is 1. The number of methoxy groups -OCH3 is 1. The Hall–Kier alpha value is -2.72. The van der Waals surface area contributed by atoms with Gasteiger partial charge in [0.25, 0.3) is 0 Å². The van der Waals surface area contributed by atoms with Crippen molar-refractivity contribution in [3.8, 4) is 5.75 Å². The Balaban J connectivity index is 1.32. The number of pyridine rings is 1. The van der Waals surface area contributed by atoms with Crippen LogP contribution in [-0.2, 0) is 12.8 Å². The molecule has 3 nitrogen and oxygen atoms in total. The minimum atomic E-state index is -0.186. The highest BCUT2D eigenvalue weighted by Crippen LogP contribution is 2.26. The summed E-state index contributed by atoms with van der Waals surface area (Å²) in [6.45, 7) is 3.29. The summed E-state index contributed by atoms with van der Waals surface area (Å²) >= 11 is 0. The normalized spacial score (nSPS) is 17.1. The Morgan fingerprint density at radius 1 is 1.03 bits per heavy atom. The van der Waals surface area contributed by atoms with E-state index in [-0.39, 0.29) is 5.82 Å². The zero-order chi connectivity index (χ0) is 20.8. The van der Waals surface area contributed by atoms with E-state index in [1.165, 1.54) is 30.2 Å². The number of hydrogen-bond acceptors (Lipinski definition) is 3. The number of benzene rings is 2. The molecule has 3 aromatic rings. The predicted molar refractivity (Wildman–Crippen MR) is 119 cm³/mol. The molecule has 1 fully saturated rings.